The monoisotopic (exact) mass is 499 g/mol. The number of carbonyl (C=O) groups excluding carboxylic acids is 1. The van der Waals surface area contributed by atoms with Gasteiger partial charge in [-0.25, -0.2) is 9.89 Å². The first-order valence-electron chi connectivity index (χ1n) is 13.1. The van der Waals surface area contributed by atoms with Crippen molar-refractivity contribution in [1.29, 1.82) is 0 Å². The van der Waals surface area contributed by atoms with Crippen molar-refractivity contribution in [1.82, 2.24) is 34.7 Å². The molecule has 37 heavy (non-hydrogen) atoms. The van der Waals surface area contributed by atoms with Crippen LogP contribution in [0.1, 0.15) is 63.8 Å². The van der Waals surface area contributed by atoms with Gasteiger partial charge in [-0.2, -0.15) is 0 Å². The van der Waals surface area contributed by atoms with Crippen LogP contribution in [0.25, 0.3) is 22.5 Å². The van der Waals surface area contributed by atoms with Crippen LogP contribution in [-0.4, -0.2) is 40.5 Å². The minimum atomic E-state index is -0.102. The largest absolute Gasteiger partial charge is 0.328 e. The van der Waals surface area contributed by atoms with E-state index in [1.54, 1.807) is 13.1 Å². The molecule has 0 bridgehead atoms. The molecular formula is C28H33N7O2. The Morgan fingerprint density at radius 2 is 1.92 bits per heavy atom. The van der Waals surface area contributed by atoms with Crippen molar-refractivity contribution in [2.24, 2.45) is 11.8 Å². The first-order valence-corrected chi connectivity index (χ1v) is 13.1. The number of carbonyl (C=O) groups is 1. The van der Waals surface area contributed by atoms with Crippen molar-refractivity contribution in [2.75, 3.05) is 0 Å². The summed E-state index contributed by atoms with van der Waals surface area (Å²) in [7, 11) is 0. The minimum absolute atomic E-state index is 0.0425. The maximum absolute atomic E-state index is 13.9. The normalized spacial score (nSPS) is 19.4. The SMILES string of the molecule is CCCCc1cn(C2C(C)CCC2C(C)=O)c(=O)n1Cc1cnccc1-c1ccc(-c2nnn[nH]2)cc1. The minimum Gasteiger partial charge on any atom is -0.300 e. The number of hydrogen-bond donors (Lipinski definition) is 1. The number of benzene rings is 1. The van der Waals surface area contributed by atoms with Crippen molar-refractivity contribution in [2.45, 2.75) is 65.5 Å². The van der Waals surface area contributed by atoms with E-state index in [4.69, 9.17) is 0 Å². The number of rotatable bonds is 9. The van der Waals surface area contributed by atoms with Crippen LogP contribution in [0, 0.1) is 11.8 Å². The van der Waals surface area contributed by atoms with Crippen LogP contribution in [0.3, 0.4) is 0 Å². The topological polar surface area (TPSA) is 111 Å². The highest BCUT2D eigenvalue weighted by atomic mass is 16.2. The second kappa shape index (κ2) is 10.6. The molecule has 0 spiro atoms. The number of ketones is 1. The first kappa shape index (κ1) is 24.8. The third kappa shape index (κ3) is 4.90. The predicted octanol–water partition coefficient (Wildman–Crippen LogP) is 4.46. The van der Waals surface area contributed by atoms with Gasteiger partial charge in [0.1, 0.15) is 5.78 Å². The third-order valence-corrected chi connectivity index (χ3v) is 7.69. The molecule has 0 radical (unpaired) electrons. The molecule has 1 fully saturated rings. The molecule has 1 N–H and O–H groups in total. The van der Waals surface area contributed by atoms with Gasteiger partial charge < -0.3 is 0 Å². The molecule has 1 saturated carbocycles. The Hall–Kier alpha value is -3.88. The van der Waals surface area contributed by atoms with E-state index in [0.29, 0.717) is 12.4 Å². The van der Waals surface area contributed by atoms with E-state index < -0.39 is 0 Å². The van der Waals surface area contributed by atoms with Gasteiger partial charge in [0, 0.05) is 35.8 Å². The van der Waals surface area contributed by atoms with E-state index in [1.807, 2.05) is 51.9 Å². The zero-order valence-corrected chi connectivity index (χ0v) is 21.6. The molecule has 192 valence electrons. The quantitative estimate of drug-likeness (QED) is 0.364. The van der Waals surface area contributed by atoms with Crippen molar-refractivity contribution < 1.29 is 4.79 Å². The van der Waals surface area contributed by atoms with Gasteiger partial charge in [0.05, 0.1) is 12.6 Å². The van der Waals surface area contributed by atoms with Crippen LogP contribution in [0.15, 0.2) is 53.7 Å². The maximum atomic E-state index is 13.9. The summed E-state index contributed by atoms with van der Waals surface area (Å²) < 4.78 is 3.73. The van der Waals surface area contributed by atoms with Crippen LogP contribution in [0.2, 0.25) is 0 Å². The summed E-state index contributed by atoms with van der Waals surface area (Å²) in [6.45, 7) is 6.39. The second-order valence-electron chi connectivity index (χ2n) is 10.1. The molecule has 4 aromatic rings. The summed E-state index contributed by atoms with van der Waals surface area (Å²) in [6, 6.07) is 9.90. The van der Waals surface area contributed by atoms with E-state index in [2.05, 4.69) is 39.5 Å². The Morgan fingerprint density at radius 1 is 1.14 bits per heavy atom. The molecule has 0 aliphatic heterocycles. The number of unbranched alkanes of at least 4 members (excludes halogenated alkanes) is 1. The number of imidazole rings is 1. The van der Waals surface area contributed by atoms with Crippen LogP contribution in [0.4, 0.5) is 0 Å². The van der Waals surface area contributed by atoms with E-state index in [9.17, 15) is 9.59 Å². The molecule has 3 unspecified atom stereocenters. The van der Waals surface area contributed by atoms with E-state index >= 15 is 0 Å². The predicted molar refractivity (Wildman–Crippen MR) is 141 cm³/mol. The number of hydrogen-bond acceptors (Lipinski definition) is 6. The summed E-state index contributed by atoms with van der Waals surface area (Å²) >= 11 is 0. The average molecular weight is 500 g/mol. The molecule has 3 aromatic heterocycles. The number of tetrazole rings is 1. The number of aromatic amines is 1. The van der Waals surface area contributed by atoms with Gasteiger partial charge in [0.15, 0.2) is 5.82 Å². The average Bonchev–Trinajstić information content (AvgIpc) is 3.64. The standard InChI is InChI=1S/C28H33N7O2/c1-4-5-6-23-17-35(26-18(2)7-12-24(26)19(3)36)28(37)34(23)16-22-15-29-14-13-25(22)20-8-10-21(11-9-20)27-30-32-33-31-27/h8-11,13-15,17-18,24,26H,4-7,12,16H2,1-3H3,(H,30,31,32,33). The molecule has 9 nitrogen and oxygen atoms in total. The van der Waals surface area contributed by atoms with Crippen LogP contribution in [0.5, 0.6) is 0 Å². The molecule has 0 amide bonds. The van der Waals surface area contributed by atoms with Gasteiger partial charge in [-0.1, -0.05) is 44.5 Å². The number of aromatic nitrogens is 7. The lowest BCUT2D eigenvalue weighted by Gasteiger charge is -2.21. The fourth-order valence-electron chi connectivity index (χ4n) is 5.67. The summed E-state index contributed by atoms with van der Waals surface area (Å²) in [6.07, 6.45) is 10.3. The summed E-state index contributed by atoms with van der Waals surface area (Å²) in [5.74, 6) is 0.964. The number of H-pyrrole nitrogens is 1. The Labute approximate surface area is 216 Å². The Balaban J connectivity index is 1.51. The van der Waals surface area contributed by atoms with Crippen LogP contribution >= 0.6 is 0 Å². The van der Waals surface area contributed by atoms with Gasteiger partial charge >= 0.3 is 5.69 Å². The summed E-state index contributed by atoms with van der Waals surface area (Å²) in [4.78, 5) is 30.6. The lowest BCUT2D eigenvalue weighted by Crippen LogP contribution is -2.33. The molecule has 5 rings (SSSR count). The molecule has 9 heteroatoms. The van der Waals surface area contributed by atoms with Gasteiger partial charge in [-0.3, -0.25) is 18.9 Å². The number of nitrogens with one attached hydrogen (secondary N) is 1. The molecular weight excluding hydrogens is 466 g/mol. The number of aryl methyl sites for hydroxylation is 1. The summed E-state index contributed by atoms with van der Waals surface area (Å²) in [5.41, 5.74) is 4.88. The van der Waals surface area contributed by atoms with Crippen LogP contribution in [-0.2, 0) is 17.8 Å². The highest BCUT2D eigenvalue weighted by molar-refractivity contribution is 5.79. The zero-order valence-electron chi connectivity index (χ0n) is 21.6. The zero-order chi connectivity index (χ0) is 25.9. The lowest BCUT2D eigenvalue weighted by molar-refractivity contribution is -0.121. The van der Waals surface area contributed by atoms with Crippen molar-refractivity contribution >= 4 is 5.78 Å². The number of Topliss-reactive ketones (excluding diaryl/α,β-unsaturated/α-hetero) is 1. The molecule has 1 aliphatic carbocycles. The molecule has 3 atom stereocenters. The number of nitrogens with zero attached hydrogens (tertiary/aromatic N) is 6. The molecule has 1 aliphatic rings. The highest BCUT2D eigenvalue weighted by Gasteiger charge is 2.38. The first-order chi connectivity index (χ1) is 18.0. The fourth-order valence-corrected chi connectivity index (χ4v) is 5.67. The van der Waals surface area contributed by atoms with E-state index in [0.717, 1.165) is 60.1 Å². The summed E-state index contributed by atoms with van der Waals surface area (Å²) in [5, 5.41) is 14.0. The van der Waals surface area contributed by atoms with Crippen molar-refractivity contribution in [3.63, 3.8) is 0 Å². The van der Waals surface area contributed by atoms with Crippen LogP contribution < -0.4 is 5.69 Å². The lowest BCUT2D eigenvalue weighted by atomic mass is 9.95. The van der Waals surface area contributed by atoms with E-state index in [-0.39, 0.29) is 29.4 Å². The van der Waals surface area contributed by atoms with Crippen molar-refractivity contribution in [3.8, 4) is 22.5 Å². The molecule has 3 heterocycles. The smallest absolute Gasteiger partial charge is 0.300 e. The third-order valence-electron chi connectivity index (χ3n) is 7.69. The maximum Gasteiger partial charge on any atom is 0.328 e. The van der Waals surface area contributed by atoms with Gasteiger partial charge in [-0.15, -0.1) is 5.10 Å². The fraction of sp³-hybridized carbons (Fsp3) is 0.429. The second-order valence-corrected chi connectivity index (χ2v) is 10.1. The highest BCUT2D eigenvalue weighted by Crippen LogP contribution is 2.40. The van der Waals surface area contributed by atoms with Gasteiger partial charge in [-0.05, 0) is 71.7 Å². The van der Waals surface area contributed by atoms with Crippen molar-refractivity contribution in [3.05, 3.63) is 70.7 Å². The molecule has 0 saturated heterocycles. The number of pyridine rings is 1. The Morgan fingerprint density at radius 3 is 2.62 bits per heavy atom. The van der Waals surface area contributed by atoms with Gasteiger partial charge in [0.2, 0.25) is 0 Å². The van der Waals surface area contributed by atoms with E-state index in [1.165, 1.54) is 0 Å². The Bertz CT molecular complexity index is 1420. The molecule has 1 aromatic carbocycles. The Kier molecular flexibility index (Phi) is 7.12. The van der Waals surface area contributed by atoms with Gasteiger partial charge in [0.25, 0.3) is 0 Å².